The average molecular weight is 304 g/mol. The minimum Gasteiger partial charge on any atom is -0.480 e. The molecule has 2 heterocycles. The molecule has 0 N–H and O–H groups in total. The van der Waals surface area contributed by atoms with Crippen molar-refractivity contribution in [3.05, 3.63) is 23.5 Å². The molecule has 0 aliphatic heterocycles. The summed E-state index contributed by atoms with van der Waals surface area (Å²) in [4.78, 5) is 8.23. The fourth-order valence-corrected chi connectivity index (χ4v) is 2.55. The molecule has 2 aromatic rings. The molecule has 0 bridgehead atoms. The molecule has 1 unspecified atom stereocenters. The number of nitrogens with zero attached hydrogens (tertiary/aromatic N) is 4. The van der Waals surface area contributed by atoms with Gasteiger partial charge in [0.05, 0.1) is 32.2 Å². The van der Waals surface area contributed by atoms with E-state index in [1.165, 1.54) is 14.2 Å². The van der Waals surface area contributed by atoms with Crippen LogP contribution in [0.25, 0.3) is 11.3 Å². The van der Waals surface area contributed by atoms with Crippen molar-refractivity contribution in [2.24, 2.45) is 5.92 Å². The summed E-state index contributed by atoms with van der Waals surface area (Å²) in [6, 6.07) is 2.15. The monoisotopic (exact) mass is 304 g/mol. The van der Waals surface area contributed by atoms with Gasteiger partial charge in [-0.25, -0.2) is 4.98 Å². The highest BCUT2D eigenvalue weighted by atomic mass is 19.1. The molecule has 7 heteroatoms. The van der Waals surface area contributed by atoms with Crippen LogP contribution in [0.1, 0.15) is 23.6 Å². The van der Waals surface area contributed by atoms with Gasteiger partial charge in [0, 0.05) is 6.20 Å². The number of rotatable bonds is 5. The standard InChI is InChI=1S/C15H17FN4O2/c1-8-10(11-4-9(11)6-16)5-13(20-19-8)12-7-17-15(22-3)18-14(12)21-2/h5,7,9,11H,4,6H2,1-3H3/t9-,11?/m1/s1. The normalized spacial score (nSPS) is 19.8. The van der Waals surface area contributed by atoms with E-state index in [1.807, 2.05) is 13.0 Å². The fourth-order valence-electron chi connectivity index (χ4n) is 2.55. The number of aromatic nitrogens is 4. The highest BCUT2D eigenvalue weighted by Crippen LogP contribution is 2.48. The predicted octanol–water partition coefficient (Wildman–Crippen LogP) is 2.33. The van der Waals surface area contributed by atoms with Gasteiger partial charge >= 0.3 is 6.01 Å². The summed E-state index contributed by atoms with van der Waals surface area (Å²) in [5, 5.41) is 8.38. The van der Waals surface area contributed by atoms with E-state index in [4.69, 9.17) is 9.47 Å². The molecule has 116 valence electrons. The van der Waals surface area contributed by atoms with Gasteiger partial charge in [-0.2, -0.15) is 10.1 Å². The van der Waals surface area contributed by atoms with Crippen molar-refractivity contribution in [2.75, 3.05) is 20.9 Å². The Bertz CT molecular complexity index is 695. The SMILES string of the molecule is COc1ncc(-c2cc(C3C[C@@H]3CF)c(C)nn2)c(OC)n1. The molecular weight excluding hydrogens is 287 g/mol. The van der Waals surface area contributed by atoms with Gasteiger partial charge in [-0.15, -0.1) is 5.10 Å². The lowest BCUT2D eigenvalue weighted by Gasteiger charge is -2.10. The second kappa shape index (κ2) is 5.82. The van der Waals surface area contributed by atoms with Crippen molar-refractivity contribution in [3.8, 4) is 23.1 Å². The molecule has 0 saturated heterocycles. The Labute approximate surface area is 127 Å². The van der Waals surface area contributed by atoms with E-state index in [-0.39, 0.29) is 24.5 Å². The van der Waals surface area contributed by atoms with Crippen molar-refractivity contribution in [1.29, 1.82) is 0 Å². The van der Waals surface area contributed by atoms with E-state index in [1.54, 1.807) is 6.20 Å². The molecule has 22 heavy (non-hydrogen) atoms. The van der Waals surface area contributed by atoms with Crippen LogP contribution in [0.4, 0.5) is 4.39 Å². The Kier molecular flexibility index (Phi) is 3.87. The molecule has 2 atom stereocenters. The first-order valence-corrected chi connectivity index (χ1v) is 7.03. The maximum absolute atomic E-state index is 12.8. The van der Waals surface area contributed by atoms with Crippen LogP contribution in [0.3, 0.4) is 0 Å². The van der Waals surface area contributed by atoms with Crippen LogP contribution in [0.5, 0.6) is 11.9 Å². The van der Waals surface area contributed by atoms with Crippen LogP contribution in [0.2, 0.25) is 0 Å². The van der Waals surface area contributed by atoms with Crippen LogP contribution < -0.4 is 9.47 Å². The van der Waals surface area contributed by atoms with Gasteiger partial charge < -0.3 is 9.47 Å². The molecule has 3 rings (SSSR count). The maximum Gasteiger partial charge on any atom is 0.319 e. The number of ether oxygens (including phenoxy) is 2. The Morgan fingerprint density at radius 3 is 2.73 bits per heavy atom. The summed E-state index contributed by atoms with van der Waals surface area (Å²) in [7, 11) is 3.01. The lowest BCUT2D eigenvalue weighted by atomic mass is 10.1. The molecule has 1 aliphatic rings. The fraction of sp³-hybridized carbons (Fsp3) is 0.467. The molecule has 0 radical (unpaired) electrons. The Morgan fingerprint density at radius 1 is 1.27 bits per heavy atom. The first kappa shape index (κ1) is 14.6. The molecule has 6 nitrogen and oxygen atoms in total. The van der Waals surface area contributed by atoms with E-state index in [0.717, 1.165) is 17.7 Å². The van der Waals surface area contributed by atoms with Crippen LogP contribution in [0, 0.1) is 12.8 Å². The van der Waals surface area contributed by atoms with Crippen molar-refractivity contribution < 1.29 is 13.9 Å². The van der Waals surface area contributed by atoms with Crippen molar-refractivity contribution in [3.63, 3.8) is 0 Å². The second-order valence-corrected chi connectivity index (χ2v) is 5.31. The topological polar surface area (TPSA) is 70.0 Å². The third-order valence-electron chi connectivity index (χ3n) is 3.92. The Hall–Kier alpha value is -2.31. The number of hydrogen-bond donors (Lipinski definition) is 0. The van der Waals surface area contributed by atoms with Crippen LogP contribution >= 0.6 is 0 Å². The molecule has 0 aromatic carbocycles. The summed E-state index contributed by atoms with van der Waals surface area (Å²) in [6.45, 7) is 1.60. The summed E-state index contributed by atoms with van der Waals surface area (Å²) in [5.41, 5.74) is 3.11. The predicted molar refractivity (Wildman–Crippen MR) is 77.7 cm³/mol. The van der Waals surface area contributed by atoms with Crippen LogP contribution in [-0.4, -0.2) is 41.1 Å². The van der Waals surface area contributed by atoms with Gasteiger partial charge in [0.2, 0.25) is 5.88 Å². The molecule has 0 spiro atoms. The van der Waals surface area contributed by atoms with Crippen molar-refractivity contribution in [2.45, 2.75) is 19.3 Å². The third kappa shape index (κ3) is 2.58. The second-order valence-electron chi connectivity index (χ2n) is 5.31. The largest absolute Gasteiger partial charge is 0.480 e. The van der Waals surface area contributed by atoms with E-state index in [0.29, 0.717) is 17.1 Å². The number of aryl methyl sites for hydroxylation is 1. The van der Waals surface area contributed by atoms with Crippen molar-refractivity contribution >= 4 is 0 Å². The Morgan fingerprint density at radius 2 is 2.09 bits per heavy atom. The molecule has 1 aliphatic carbocycles. The smallest absolute Gasteiger partial charge is 0.319 e. The van der Waals surface area contributed by atoms with Crippen molar-refractivity contribution in [1.82, 2.24) is 20.2 Å². The summed E-state index contributed by atoms with van der Waals surface area (Å²) in [5.74, 6) is 0.697. The van der Waals surface area contributed by atoms with E-state index < -0.39 is 0 Å². The lowest BCUT2D eigenvalue weighted by Crippen LogP contribution is -2.02. The zero-order valence-electron chi connectivity index (χ0n) is 12.7. The number of hydrogen-bond acceptors (Lipinski definition) is 6. The maximum atomic E-state index is 12.8. The highest BCUT2D eigenvalue weighted by Gasteiger charge is 2.39. The first-order valence-electron chi connectivity index (χ1n) is 7.03. The average Bonchev–Trinajstić information content (AvgIpc) is 3.34. The number of halogens is 1. The Balaban J connectivity index is 2.00. The first-order chi connectivity index (χ1) is 10.7. The molecule has 0 amide bonds. The molecular formula is C15H17FN4O2. The van der Waals surface area contributed by atoms with Crippen LogP contribution in [0.15, 0.2) is 12.3 Å². The molecule has 1 fully saturated rings. The van der Waals surface area contributed by atoms with Gasteiger partial charge in [-0.1, -0.05) is 0 Å². The minimum atomic E-state index is -0.295. The zero-order chi connectivity index (χ0) is 15.7. The van der Waals surface area contributed by atoms with Gasteiger partial charge in [0.1, 0.15) is 5.69 Å². The zero-order valence-corrected chi connectivity index (χ0v) is 12.7. The van der Waals surface area contributed by atoms with Crippen LogP contribution in [-0.2, 0) is 0 Å². The van der Waals surface area contributed by atoms with Gasteiger partial charge in [0.15, 0.2) is 0 Å². The van der Waals surface area contributed by atoms with E-state index >= 15 is 0 Å². The third-order valence-corrected chi connectivity index (χ3v) is 3.92. The molecule has 2 aromatic heterocycles. The quantitative estimate of drug-likeness (QED) is 0.844. The lowest BCUT2D eigenvalue weighted by molar-refractivity contribution is 0.353. The molecule has 1 saturated carbocycles. The van der Waals surface area contributed by atoms with E-state index in [2.05, 4.69) is 20.2 Å². The minimum absolute atomic E-state index is 0.102. The number of alkyl halides is 1. The summed E-state index contributed by atoms with van der Waals surface area (Å²) >= 11 is 0. The van der Waals surface area contributed by atoms with Gasteiger partial charge in [0.25, 0.3) is 0 Å². The summed E-state index contributed by atoms with van der Waals surface area (Å²) < 4.78 is 23.0. The summed E-state index contributed by atoms with van der Waals surface area (Å²) in [6.07, 6.45) is 2.45. The highest BCUT2D eigenvalue weighted by molar-refractivity contribution is 5.64. The van der Waals surface area contributed by atoms with Gasteiger partial charge in [-0.05, 0) is 36.8 Å². The van der Waals surface area contributed by atoms with E-state index in [9.17, 15) is 4.39 Å². The number of methoxy groups -OCH3 is 2. The van der Waals surface area contributed by atoms with Gasteiger partial charge in [-0.3, -0.25) is 4.39 Å².